The first-order valence-corrected chi connectivity index (χ1v) is 8.71. The number of anilines is 2. The van der Waals surface area contributed by atoms with Crippen molar-refractivity contribution in [3.05, 3.63) is 71.5 Å². The van der Waals surface area contributed by atoms with Crippen molar-refractivity contribution >= 4 is 17.5 Å². The SMILES string of the molecule is COc1ccc(CNC(=O)c2cnc(Nc3cccc(C#N)c3)nc2)cc1OC. The molecule has 3 rings (SSSR count). The highest BCUT2D eigenvalue weighted by Crippen LogP contribution is 2.27. The van der Waals surface area contributed by atoms with Gasteiger partial charge >= 0.3 is 0 Å². The molecule has 0 atom stereocenters. The molecule has 1 amide bonds. The lowest BCUT2D eigenvalue weighted by Gasteiger charge is -2.10. The van der Waals surface area contributed by atoms with Gasteiger partial charge in [-0.1, -0.05) is 12.1 Å². The van der Waals surface area contributed by atoms with Crippen molar-refractivity contribution in [1.29, 1.82) is 5.26 Å². The van der Waals surface area contributed by atoms with Gasteiger partial charge < -0.3 is 20.1 Å². The lowest BCUT2D eigenvalue weighted by molar-refractivity contribution is 0.0950. The van der Waals surface area contributed by atoms with Gasteiger partial charge in [0.2, 0.25) is 5.95 Å². The topological polar surface area (TPSA) is 109 Å². The number of hydrogen-bond donors (Lipinski definition) is 2. The number of carbonyl (C=O) groups is 1. The maximum Gasteiger partial charge on any atom is 0.254 e. The van der Waals surface area contributed by atoms with Gasteiger partial charge in [0.05, 0.1) is 31.4 Å². The molecule has 0 bridgehead atoms. The Balaban J connectivity index is 1.61. The molecule has 0 aliphatic rings. The predicted octanol–water partition coefficient (Wildman–Crippen LogP) is 3.04. The Morgan fingerprint density at radius 2 is 1.83 bits per heavy atom. The number of amides is 1. The summed E-state index contributed by atoms with van der Waals surface area (Å²) in [7, 11) is 3.13. The molecule has 0 aliphatic carbocycles. The first kappa shape index (κ1) is 19.6. The molecule has 3 aromatic rings. The third kappa shape index (κ3) is 4.99. The Labute approximate surface area is 168 Å². The molecule has 8 nitrogen and oxygen atoms in total. The van der Waals surface area contributed by atoms with E-state index in [1.165, 1.54) is 12.4 Å². The summed E-state index contributed by atoms with van der Waals surface area (Å²) in [5.74, 6) is 1.26. The van der Waals surface area contributed by atoms with Crippen LogP contribution < -0.4 is 20.1 Å². The number of ether oxygens (including phenoxy) is 2. The maximum atomic E-state index is 12.3. The average Bonchev–Trinajstić information content (AvgIpc) is 2.77. The van der Waals surface area contributed by atoms with Crippen LogP contribution in [-0.2, 0) is 6.54 Å². The molecule has 0 saturated heterocycles. The quantitative estimate of drug-likeness (QED) is 0.639. The number of benzene rings is 2. The van der Waals surface area contributed by atoms with Crippen LogP contribution in [0, 0.1) is 11.3 Å². The molecule has 2 N–H and O–H groups in total. The molecule has 2 aromatic carbocycles. The van der Waals surface area contributed by atoms with E-state index in [0.29, 0.717) is 40.8 Å². The fourth-order valence-electron chi connectivity index (χ4n) is 2.58. The summed E-state index contributed by atoms with van der Waals surface area (Å²) in [5, 5.41) is 14.8. The van der Waals surface area contributed by atoms with Gasteiger partial charge in [-0.05, 0) is 35.9 Å². The standard InChI is InChI=1S/C21H19N5O3/c1-28-18-7-6-15(9-19(18)29-2)11-23-20(27)16-12-24-21(25-13-16)26-17-5-3-4-14(8-17)10-22/h3-9,12-13H,11H2,1-2H3,(H,23,27)(H,24,25,26). The molecule has 8 heteroatoms. The molecule has 29 heavy (non-hydrogen) atoms. The Bertz CT molecular complexity index is 1040. The zero-order valence-electron chi connectivity index (χ0n) is 16.0. The second-order valence-electron chi connectivity index (χ2n) is 5.98. The van der Waals surface area contributed by atoms with E-state index in [-0.39, 0.29) is 5.91 Å². The first-order valence-electron chi connectivity index (χ1n) is 8.71. The highest BCUT2D eigenvalue weighted by atomic mass is 16.5. The maximum absolute atomic E-state index is 12.3. The van der Waals surface area contributed by atoms with E-state index in [9.17, 15) is 4.79 Å². The summed E-state index contributed by atoms with van der Waals surface area (Å²) in [6.45, 7) is 0.320. The van der Waals surface area contributed by atoms with Gasteiger partial charge in [-0.15, -0.1) is 0 Å². The fourth-order valence-corrected chi connectivity index (χ4v) is 2.58. The Kier molecular flexibility index (Phi) is 6.22. The third-order valence-corrected chi connectivity index (χ3v) is 4.06. The molecule has 0 radical (unpaired) electrons. The molecular weight excluding hydrogens is 370 g/mol. The van der Waals surface area contributed by atoms with E-state index in [2.05, 4.69) is 26.7 Å². The summed E-state index contributed by atoms with van der Waals surface area (Å²) >= 11 is 0. The average molecular weight is 389 g/mol. The van der Waals surface area contributed by atoms with Crippen LogP contribution >= 0.6 is 0 Å². The Morgan fingerprint density at radius 3 is 2.52 bits per heavy atom. The molecular formula is C21H19N5O3. The Hall–Kier alpha value is -4.12. The van der Waals surface area contributed by atoms with Crippen molar-refractivity contribution in [3.8, 4) is 17.6 Å². The van der Waals surface area contributed by atoms with Crippen LogP contribution in [0.4, 0.5) is 11.6 Å². The number of aromatic nitrogens is 2. The van der Waals surface area contributed by atoms with Crippen LogP contribution in [0.25, 0.3) is 0 Å². The Morgan fingerprint density at radius 1 is 1.07 bits per heavy atom. The lowest BCUT2D eigenvalue weighted by Crippen LogP contribution is -2.23. The van der Waals surface area contributed by atoms with Crippen LogP contribution in [0.1, 0.15) is 21.5 Å². The number of nitrogens with one attached hydrogen (secondary N) is 2. The highest BCUT2D eigenvalue weighted by Gasteiger charge is 2.09. The van der Waals surface area contributed by atoms with Gasteiger partial charge in [0.15, 0.2) is 11.5 Å². The van der Waals surface area contributed by atoms with Crippen molar-refractivity contribution < 1.29 is 14.3 Å². The number of nitrogens with zero attached hydrogens (tertiary/aromatic N) is 3. The van der Waals surface area contributed by atoms with Gasteiger partial charge in [-0.2, -0.15) is 5.26 Å². The summed E-state index contributed by atoms with van der Waals surface area (Å²) in [6.07, 6.45) is 2.88. The minimum absolute atomic E-state index is 0.294. The van der Waals surface area contributed by atoms with Crippen molar-refractivity contribution in [2.24, 2.45) is 0 Å². The van der Waals surface area contributed by atoms with Crippen LogP contribution in [0.15, 0.2) is 54.9 Å². The van der Waals surface area contributed by atoms with Gasteiger partial charge in [-0.25, -0.2) is 9.97 Å². The summed E-state index contributed by atoms with van der Waals surface area (Å²) in [6, 6.07) is 14.5. The number of rotatable bonds is 7. The number of methoxy groups -OCH3 is 2. The van der Waals surface area contributed by atoms with Gasteiger partial charge in [0.1, 0.15) is 0 Å². The van der Waals surface area contributed by atoms with E-state index in [1.54, 1.807) is 50.6 Å². The van der Waals surface area contributed by atoms with Crippen molar-refractivity contribution in [1.82, 2.24) is 15.3 Å². The van der Waals surface area contributed by atoms with E-state index in [0.717, 1.165) is 5.56 Å². The second-order valence-corrected chi connectivity index (χ2v) is 5.98. The summed E-state index contributed by atoms with van der Waals surface area (Å²) in [4.78, 5) is 20.7. The van der Waals surface area contributed by atoms with Gasteiger partial charge in [0.25, 0.3) is 5.91 Å². The molecule has 0 spiro atoms. The largest absolute Gasteiger partial charge is 0.493 e. The highest BCUT2D eigenvalue weighted by molar-refractivity contribution is 5.93. The normalized spacial score (nSPS) is 9.97. The zero-order chi connectivity index (χ0) is 20.6. The minimum atomic E-state index is -0.294. The molecule has 0 unspecified atom stereocenters. The van der Waals surface area contributed by atoms with Crippen LogP contribution in [0.2, 0.25) is 0 Å². The molecule has 0 fully saturated rings. The van der Waals surface area contributed by atoms with E-state index in [1.807, 2.05) is 6.07 Å². The van der Waals surface area contributed by atoms with Crippen LogP contribution in [-0.4, -0.2) is 30.1 Å². The number of hydrogen-bond acceptors (Lipinski definition) is 7. The van der Waals surface area contributed by atoms with Gasteiger partial charge in [-0.3, -0.25) is 4.79 Å². The van der Waals surface area contributed by atoms with Crippen molar-refractivity contribution in [2.45, 2.75) is 6.54 Å². The summed E-state index contributed by atoms with van der Waals surface area (Å²) in [5.41, 5.74) is 2.42. The smallest absolute Gasteiger partial charge is 0.254 e. The first-order chi connectivity index (χ1) is 14.1. The number of carbonyl (C=O) groups excluding carboxylic acids is 1. The predicted molar refractivity (Wildman–Crippen MR) is 107 cm³/mol. The van der Waals surface area contributed by atoms with Crippen molar-refractivity contribution in [2.75, 3.05) is 19.5 Å². The van der Waals surface area contributed by atoms with E-state index < -0.39 is 0 Å². The van der Waals surface area contributed by atoms with Gasteiger partial charge in [0, 0.05) is 24.6 Å². The second kappa shape index (κ2) is 9.19. The number of nitriles is 1. The van der Waals surface area contributed by atoms with E-state index >= 15 is 0 Å². The minimum Gasteiger partial charge on any atom is -0.493 e. The summed E-state index contributed by atoms with van der Waals surface area (Å²) < 4.78 is 10.5. The molecule has 1 aromatic heterocycles. The third-order valence-electron chi connectivity index (χ3n) is 4.06. The van der Waals surface area contributed by atoms with Crippen LogP contribution in [0.3, 0.4) is 0 Å². The monoisotopic (exact) mass is 389 g/mol. The molecule has 1 heterocycles. The molecule has 146 valence electrons. The van der Waals surface area contributed by atoms with Crippen LogP contribution in [0.5, 0.6) is 11.5 Å². The fraction of sp³-hybridized carbons (Fsp3) is 0.143. The van der Waals surface area contributed by atoms with Crippen molar-refractivity contribution in [3.63, 3.8) is 0 Å². The van der Waals surface area contributed by atoms with E-state index in [4.69, 9.17) is 14.7 Å². The lowest BCUT2D eigenvalue weighted by atomic mass is 10.2. The zero-order valence-corrected chi connectivity index (χ0v) is 16.0. The molecule has 0 saturated carbocycles. The molecule has 0 aliphatic heterocycles.